The molecule has 104 valence electrons. The van der Waals surface area contributed by atoms with E-state index in [4.69, 9.17) is 0 Å². The summed E-state index contributed by atoms with van der Waals surface area (Å²) in [5.74, 6) is 0.657. The Morgan fingerprint density at radius 2 is 1.90 bits per heavy atom. The first-order valence-corrected chi connectivity index (χ1v) is 7.73. The lowest BCUT2D eigenvalue weighted by atomic mass is 10.2. The number of fused-ring (bicyclic) bond motifs is 1. The van der Waals surface area contributed by atoms with E-state index in [-0.39, 0.29) is 0 Å². The van der Waals surface area contributed by atoms with Crippen molar-refractivity contribution in [3.63, 3.8) is 0 Å². The quantitative estimate of drug-likeness (QED) is 0.452. The van der Waals surface area contributed by atoms with Crippen LogP contribution >= 0.6 is 11.8 Å². The number of anilines is 1. The fraction of sp³-hybridized carbons (Fsp3) is 0.0625. The summed E-state index contributed by atoms with van der Waals surface area (Å²) in [5, 5.41) is 14.3. The summed E-state index contributed by atoms with van der Waals surface area (Å²) in [7, 11) is 0. The van der Waals surface area contributed by atoms with Gasteiger partial charge in [-0.05, 0) is 24.0 Å². The van der Waals surface area contributed by atoms with Crippen LogP contribution in [0.15, 0.2) is 64.7 Å². The summed E-state index contributed by atoms with van der Waals surface area (Å²) in [4.78, 5) is 1.24. The number of aromatic nitrogens is 2. The maximum atomic E-state index is 4.23. The molecule has 3 aromatic rings. The molecule has 5 heteroatoms. The summed E-state index contributed by atoms with van der Waals surface area (Å²) in [6.45, 7) is 0. The smallest absolute Gasteiger partial charge is 0.176 e. The van der Waals surface area contributed by atoms with E-state index >= 15 is 0 Å². The predicted molar refractivity (Wildman–Crippen MR) is 89.0 cm³/mol. The summed E-state index contributed by atoms with van der Waals surface area (Å²) in [5.41, 5.74) is 3.99. The van der Waals surface area contributed by atoms with E-state index < -0.39 is 0 Å². The first-order chi connectivity index (χ1) is 10.4. The molecular weight excluding hydrogens is 280 g/mol. The van der Waals surface area contributed by atoms with Gasteiger partial charge in [0.2, 0.25) is 0 Å². The molecule has 0 amide bonds. The zero-order valence-electron chi connectivity index (χ0n) is 11.5. The van der Waals surface area contributed by atoms with Crippen LogP contribution in [-0.4, -0.2) is 22.7 Å². The third kappa shape index (κ3) is 3.20. The average molecular weight is 294 g/mol. The Hall–Kier alpha value is -2.40. The van der Waals surface area contributed by atoms with Crippen LogP contribution in [0.5, 0.6) is 0 Å². The molecule has 0 spiro atoms. The van der Waals surface area contributed by atoms with Gasteiger partial charge < -0.3 is 0 Å². The van der Waals surface area contributed by atoms with Crippen LogP contribution < -0.4 is 5.43 Å². The largest absolute Gasteiger partial charge is 0.259 e. The fourth-order valence-electron chi connectivity index (χ4n) is 1.97. The highest BCUT2D eigenvalue weighted by molar-refractivity contribution is 7.98. The van der Waals surface area contributed by atoms with Gasteiger partial charge in [-0.3, -0.25) is 5.43 Å². The summed E-state index contributed by atoms with van der Waals surface area (Å²) >= 11 is 1.72. The van der Waals surface area contributed by atoms with Crippen LogP contribution in [0.25, 0.3) is 10.8 Å². The molecule has 0 saturated carbocycles. The summed E-state index contributed by atoms with van der Waals surface area (Å²) in [6.07, 6.45) is 5.57. The van der Waals surface area contributed by atoms with Gasteiger partial charge in [0.15, 0.2) is 5.82 Å². The molecular formula is C16H14N4S. The highest BCUT2D eigenvalue weighted by atomic mass is 32.2. The van der Waals surface area contributed by atoms with Gasteiger partial charge in [0.1, 0.15) is 0 Å². The Morgan fingerprint density at radius 3 is 2.71 bits per heavy atom. The van der Waals surface area contributed by atoms with Crippen LogP contribution in [0.2, 0.25) is 0 Å². The monoisotopic (exact) mass is 294 g/mol. The van der Waals surface area contributed by atoms with Crippen molar-refractivity contribution in [2.45, 2.75) is 4.90 Å². The lowest BCUT2D eigenvalue weighted by Gasteiger charge is -2.03. The maximum Gasteiger partial charge on any atom is 0.176 e. The molecule has 0 radical (unpaired) electrons. The molecule has 0 aliphatic carbocycles. The van der Waals surface area contributed by atoms with Crippen molar-refractivity contribution in [2.75, 3.05) is 11.7 Å². The van der Waals surface area contributed by atoms with Crippen molar-refractivity contribution >= 4 is 34.6 Å². The SMILES string of the molecule is CSc1ccc(/C=N\Nc2nncc3ccccc23)cc1. The van der Waals surface area contributed by atoms with Crippen LogP contribution in [-0.2, 0) is 0 Å². The van der Waals surface area contributed by atoms with Crippen molar-refractivity contribution in [3.8, 4) is 0 Å². The van der Waals surface area contributed by atoms with E-state index in [1.54, 1.807) is 24.2 Å². The molecule has 0 bridgehead atoms. The minimum Gasteiger partial charge on any atom is -0.259 e. The average Bonchev–Trinajstić information content (AvgIpc) is 2.56. The van der Waals surface area contributed by atoms with E-state index in [2.05, 4.69) is 39.1 Å². The molecule has 3 rings (SSSR count). The summed E-state index contributed by atoms with van der Waals surface area (Å²) in [6, 6.07) is 16.2. The zero-order chi connectivity index (χ0) is 14.5. The van der Waals surface area contributed by atoms with Gasteiger partial charge in [-0.25, -0.2) is 0 Å². The topological polar surface area (TPSA) is 50.2 Å². The Morgan fingerprint density at radius 1 is 1.10 bits per heavy atom. The van der Waals surface area contributed by atoms with E-state index in [9.17, 15) is 0 Å². The number of hydrogen-bond acceptors (Lipinski definition) is 5. The van der Waals surface area contributed by atoms with Gasteiger partial charge in [0.25, 0.3) is 0 Å². The lowest BCUT2D eigenvalue weighted by molar-refractivity contribution is 1.04. The van der Waals surface area contributed by atoms with Crippen molar-refractivity contribution in [1.82, 2.24) is 10.2 Å². The molecule has 0 fully saturated rings. The van der Waals surface area contributed by atoms with E-state index in [0.717, 1.165) is 16.3 Å². The minimum absolute atomic E-state index is 0.657. The van der Waals surface area contributed by atoms with Crippen molar-refractivity contribution in [1.29, 1.82) is 0 Å². The third-order valence-electron chi connectivity index (χ3n) is 3.07. The van der Waals surface area contributed by atoms with Crippen LogP contribution in [0.1, 0.15) is 5.56 Å². The highest BCUT2D eigenvalue weighted by Gasteiger charge is 2.00. The first kappa shape index (κ1) is 13.6. The molecule has 0 aliphatic heterocycles. The normalized spacial score (nSPS) is 11.1. The molecule has 0 aliphatic rings. The van der Waals surface area contributed by atoms with Crippen LogP contribution in [0.3, 0.4) is 0 Å². The molecule has 21 heavy (non-hydrogen) atoms. The molecule has 0 saturated heterocycles. The summed E-state index contributed by atoms with van der Waals surface area (Å²) < 4.78 is 0. The van der Waals surface area contributed by atoms with E-state index in [1.807, 2.05) is 36.4 Å². The Labute approximate surface area is 127 Å². The Balaban J connectivity index is 1.78. The maximum absolute atomic E-state index is 4.23. The molecule has 0 atom stereocenters. The van der Waals surface area contributed by atoms with Gasteiger partial charge in [0, 0.05) is 15.7 Å². The van der Waals surface area contributed by atoms with E-state index in [1.165, 1.54) is 4.90 Å². The second kappa shape index (κ2) is 6.37. The predicted octanol–water partition coefficient (Wildman–Crippen LogP) is 3.80. The number of nitrogens with zero attached hydrogens (tertiary/aromatic N) is 3. The minimum atomic E-state index is 0.657. The molecule has 4 nitrogen and oxygen atoms in total. The third-order valence-corrected chi connectivity index (χ3v) is 3.81. The molecule has 2 aromatic carbocycles. The van der Waals surface area contributed by atoms with Gasteiger partial charge in [-0.1, -0.05) is 36.4 Å². The number of hydrazone groups is 1. The number of benzene rings is 2. The van der Waals surface area contributed by atoms with Crippen LogP contribution in [0.4, 0.5) is 5.82 Å². The molecule has 0 unspecified atom stereocenters. The highest BCUT2D eigenvalue weighted by Crippen LogP contribution is 2.19. The van der Waals surface area contributed by atoms with Gasteiger partial charge in [0.05, 0.1) is 12.4 Å². The molecule has 1 heterocycles. The van der Waals surface area contributed by atoms with E-state index in [0.29, 0.717) is 5.82 Å². The zero-order valence-corrected chi connectivity index (χ0v) is 12.3. The fourth-order valence-corrected chi connectivity index (χ4v) is 2.38. The molecule has 1 N–H and O–H groups in total. The second-order valence-electron chi connectivity index (χ2n) is 4.42. The van der Waals surface area contributed by atoms with Crippen LogP contribution in [0, 0.1) is 0 Å². The van der Waals surface area contributed by atoms with Gasteiger partial charge >= 0.3 is 0 Å². The lowest BCUT2D eigenvalue weighted by Crippen LogP contribution is -1.96. The van der Waals surface area contributed by atoms with Gasteiger partial charge in [-0.15, -0.1) is 16.9 Å². The number of thioether (sulfide) groups is 1. The first-order valence-electron chi connectivity index (χ1n) is 6.50. The number of rotatable bonds is 4. The Kier molecular flexibility index (Phi) is 4.12. The molecule has 1 aromatic heterocycles. The van der Waals surface area contributed by atoms with Crippen molar-refractivity contribution in [2.24, 2.45) is 5.10 Å². The van der Waals surface area contributed by atoms with Gasteiger partial charge in [-0.2, -0.15) is 10.2 Å². The Bertz CT molecular complexity index is 763. The van der Waals surface area contributed by atoms with Crippen molar-refractivity contribution < 1.29 is 0 Å². The second-order valence-corrected chi connectivity index (χ2v) is 5.30. The standard InChI is InChI=1S/C16H14N4S/c1-21-14-8-6-12(7-9-14)10-17-19-16-15-5-3-2-4-13(15)11-18-20-16/h2-11H,1H3,(H,19,20)/b17-10-. The number of hydrogen-bond donors (Lipinski definition) is 1. The number of nitrogens with one attached hydrogen (secondary N) is 1. The van der Waals surface area contributed by atoms with Crippen molar-refractivity contribution in [3.05, 3.63) is 60.3 Å².